The van der Waals surface area contributed by atoms with E-state index in [9.17, 15) is 19.4 Å². The predicted molar refractivity (Wildman–Crippen MR) is 231 cm³/mol. The molecular formula is C45H90N2O6P+. The van der Waals surface area contributed by atoms with E-state index in [-0.39, 0.29) is 19.1 Å². The van der Waals surface area contributed by atoms with E-state index in [0.717, 1.165) is 38.5 Å². The number of nitrogens with zero attached hydrogens (tertiary/aromatic N) is 1. The highest BCUT2D eigenvalue weighted by atomic mass is 31.2. The number of amides is 1. The number of likely N-dealkylation sites (N-methyl/N-ethyl adjacent to an activating group) is 1. The molecule has 3 unspecified atom stereocenters. The SMILES string of the molecule is CCCCCCCCCCCCCCCCCCCCCCCCC/C=C/CC/C=C/C(O)C(COP(=O)(O)OCC[N+](C)(C)C)NC(=O)CCCCC. The van der Waals surface area contributed by atoms with Crippen molar-refractivity contribution in [2.45, 2.75) is 219 Å². The first-order valence-electron chi connectivity index (χ1n) is 22.7. The molecule has 320 valence electrons. The first-order chi connectivity index (χ1) is 26.0. The van der Waals surface area contributed by atoms with Gasteiger partial charge in [0.05, 0.1) is 39.9 Å². The molecule has 0 aliphatic rings. The van der Waals surface area contributed by atoms with Gasteiger partial charge in [0.1, 0.15) is 13.2 Å². The lowest BCUT2D eigenvalue weighted by molar-refractivity contribution is -0.870. The van der Waals surface area contributed by atoms with Crippen molar-refractivity contribution in [1.29, 1.82) is 0 Å². The van der Waals surface area contributed by atoms with Crippen molar-refractivity contribution in [2.24, 2.45) is 0 Å². The Hall–Kier alpha value is -1.02. The molecule has 0 saturated carbocycles. The number of quaternary nitrogens is 1. The number of allylic oxidation sites excluding steroid dienone is 3. The number of unbranched alkanes of at least 4 members (excludes halogenated alkanes) is 26. The fourth-order valence-electron chi connectivity index (χ4n) is 6.53. The number of phosphoric acid groups is 1. The second-order valence-electron chi connectivity index (χ2n) is 16.8. The fraction of sp³-hybridized carbons (Fsp3) is 0.889. The summed E-state index contributed by atoms with van der Waals surface area (Å²) in [4.78, 5) is 22.6. The number of hydrogen-bond donors (Lipinski definition) is 3. The van der Waals surface area contributed by atoms with Crippen LogP contribution in [-0.2, 0) is 18.4 Å². The monoisotopic (exact) mass is 786 g/mol. The van der Waals surface area contributed by atoms with E-state index in [1.807, 2.05) is 27.2 Å². The summed E-state index contributed by atoms with van der Waals surface area (Å²) in [6, 6.07) is -0.854. The van der Waals surface area contributed by atoms with Gasteiger partial charge in [-0.05, 0) is 32.1 Å². The number of carbonyl (C=O) groups is 1. The molecule has 0 aliphatic carbocycles. The zero-order valence-electron chi connectivity index (χ0n) is 36.2. The summed E-state index contributed by atoms with van der Waals surface area (Å²) in [5.41, 5.74) is 0. The van der Waals surface area contributed by atoms with Crippen molar-refractivity contribution in [2.75, 3.05) is 40.9 Å². The molecule has 1 amide bonds. The first-order valence-corrected chi connectivity index (χ1v) is 24.2. The lowest BCUT2D eigenvalue weighted by Crippen LogP contribution is -2.45. The quantitative estimate of drug-likeness (QED) is 0.0247. The minimum Gasteiger partial charge on any atom is -0.387 e. The molecule has 0 fully saturated rings. The van der Waals surface area contributed by atoms with Crippen LogP contribution in [0.4, 0.5) is 0 Å². The summed E-state index contributed by atoms with van der Waals surface area (Å²) in [7, 11) is 1.55. The third kappa shape index (κ3) is 39.2. The van der Waals surface area contributed by atoms with Crippen molar-refractivity contribution in [3.63, 3.8) is 0 Å². The second-order valence-corrected chi connectivity index (χ2v) is 18.2. The highest BCUT2D eigenvalue weighted by molar-refractivity contribution is 7.47. The van der Waals surface area contributed by atoms with E-state index in [1.165, 1.54) is 148 Å². The minimum absolute atomic E-state index is 0.0565. The summed E-state index contributed by atoms with van der Waals surface area (Å²) in [6.45, 7) is 4.62. The van der Waals surface area contributed by atoms with Crippen LogP contribution in [0.5, 0.6) is 0 Å². The number of aliphatic hydroxyl groups is 1. The maximum Gasteiger partial charge on any atom is 0.472 e. The molecule has 0 bridgehead atoms. The van der Waals surface area contributed by atoms with E-state index in [4.69, 9.17) is 9.05 Å². The average molecular weight is 786 g/mol. The molecule has 0 heterocycles. The summed E-state index contributed by atoms with van der Waals surface area (Å²) in [5.74, 6) is -0.211. The fourth-order valence-corrected chi connectivity index (χ4v) is 7.26. The van der Waals surface area contributed by atoms with Gasteiger partial charge >= 0.3 is 7.82 Å². The van der Waals surface area contributed by atoms with Crippen molar-refractivity contribution in [3.8, 4) is 0 Å². The van der Waals surface area contributed by atoms with Gasteiger partial charge in [0.15, 0.2) is 0 Å². The smallest absolute Gasteiger partial charge is 0.387 e. The summed E-state index contributed by atoms with van der Waals surface area (Å²) < 4.78 is 23.3. The molecule has 0 rings (SSSR count). The third-order valence-electron chi connectivity index (χ3n) is 10.2. The number of aliphatic hydroxyl groups excluding tert-OH is 1. The Morgan fingerprint density at radius 2 is 1.02 bits per heavy atom. The van der Waals surface area contributed by atoms with Crippen LogP contribution in [0.15, 0.2) is 24.3 Å². The average Bonchev–Trinajstić information content (AvgIpc) is 3.12. The Balaban J connectivity index is 3.92. The molecule has 9 heteroatoms. The molecule has 0 aromatic heterocycles. The molecule has 0 aromatic carbocycles. The summed E-state index contributed by atoms with van der Waals surface area (Å²) in [6.07, 6.45) is 45.1. The normalized spacial score (nSPS) is 14.6. The number of phosphoric ester groups is 1. The second kappa shape index (κ2) is 37.6. The maximum atomic E-state index is 12.5. The van der Waals surface area contributed by atoms with Crippen LogP contribution in [0, 0.1) is 0 Å². The van der Waals surface area contributed by atoms with Crippen LogP contribution in [0.25, 0.3) is 0 Å². The van der Waals surface area contributed by atoms with Gasteiger partial charge in [-0.2, -0.15) is 0 Å². The molecule has 0 aliphatic heterocycles. The van der Waals surface area contributed by atoms with Gasteiger partial charge in [0, 0.05) is 6.42 Å². The molecule has 3 N–H and O–H groups in total. The van der Waals surface area contributed by atoms with Crippen LogP contribution < -0.4 is 5.32 Å². The zero-order chi connectivity index (χ0) is 40.0. The van der Waals surface area contributed by atoms with Crippen molar-refractivity contribution in [1.82, 2.24) is 5.32 Å². The lowest BCUT2D eigenvalue weighted by atomic mass is 10.0. The number of carbonyl (C=O) groups excluding carboxylic acids is 1. The summed E-state index contributed by atoms with van der Waals surface area (Å²) in [5, 5.41) is 13.6. The van der Waals surface area contributed by atoms with Gasteiger partial charge in [0.2, 0.25) is 5.91 Å². The molecule has 0 radical (unpaired) electrons. The van der Waals surface area contributed by atoms with Gasteiger partial charge in [-0.3, -0.25) is 13.8 Å². The zero-order valence-corrected chi connectivity index (χ0v) is 37.1. The van der Waals surface area contributed by atoms with Gasteiger partial charge in [0.25, 0.3) is 0 Å². The van der Waals surface area contributed by atoms with Gasteiger partial charge in [-0.1, -0.05) is 192 Å². The topological polar surface area (TPSA) is 105 Å². The first kappa shape index (κ1) is 53.0. The Labute approximate surface area is 334 Å². The summed E-state index contributed by atoms with van der Waals surface area (Å²) >= 11 is 0. The molecule has 8 nitrogen and oxygen atoms in total. The lowest BCUT2D eigenvalue weighted by Gasteiger charge is -2.25. The standard InChI is InChI=1S/C45H89N2O6P/c1-6-8-10-11-12-13-14-15-16-17-18-19-20-21-22-23-24-25-26-27-28-29-30-31-32-33-34-35-37-38-44(48)43(46-45(49)39-36-9-7-2)42-53-54(50,51)52-41-40-47(3,4)5/h32-33,37-38,43-44,48H,6-31,34-36,39-42H2,1-5H3,(H-,46,49,50,51)/p+1/b33-32+,38-37+. The Morgan fingerprint density at radius 3 is 1.48 bits per heavy atom. The Bertz CT molecular complexity index is 938. The van der Waals surface area contributed by atoms with Crippen LogP contribution in [0.2, 0.25) is 0 Å². The van der Waals surface area contributed by atoms with Crippen LogP contribution >= 0.6 is 7.82 Å². The molecule has 3 atom stereocenters. The van der Waals surface area contributed by atoms with E-state index < -0.39 is 20.0 Å². The van der Waals surface area contributed by atoms with Crippen LogP contribution in [0.3, 0.4) is 0 Å². The Kier molecular flexibility index (Phi) is 36.8. The maximum absolute atomic E-state index is 12.5. The largest absolute Gasteiger partial charge is 0.472 e. The van der Waals surface area contributed by atoms with Gasteiger partial charge < -0.3 is 19.8 Å². The van der Waals surface area contributed by atoms with Crippen molar-refractivity contribution < 1.29 is 32.9 Å². The molecule has 54 heavy (non-hydrogen) atoms. The highest BCUT2D eigenvalue weighted by Crippen LogP contribution is 2.43. The van der Waals surface area contributed by atoms with Crippen molar-refractivity contribution in [3.05, 3.63) is 24.3 Å². The van der Waals surface area contributed by atoms with Gasteiger partial charge in [-0.25, -0.2) is 4.57 Å². The Morgan fingerprint density at radius 1 is 0.611 bits per heavy atom. The van der Waals surface area contributed by atoms with E-state index in [2.05, 4.69) is 31.3 Å². The molecule has 0 aromatic rings. The minimum atomic E-state index is -4.32. The van der Waals surface area contributed by atoms with Crippen LogP contribution in [-0.4, -0.2) is 73.4 Å². The number of rotatable bonds is 41. The molecule has 0 saturated heterocycles. The van der Waals surface area contributed by atoms with Crippen molar-refractivity contribution >= 4 is 13.7 Å². The van der Waals surface area contributed by atoms with Crippen LogP contribution in [0.1, 0.15) is 206 Å². The number of hydrogen-bond acceptors (Lipinski definition) is 5. The van der Waals surface area contributed by atoms with Gasteiger partial charge in [-0.15, -0.1) is 0 Å². The predicted octanol–water partition coefficient (Wildman–Crippen LogP) is 12.5. The van der Waals surface area contributed by atoms with E-state index in [1.54, 1.807) is 6.08 Å². The number of nitrogens with one attached hydrogen (secondary N) is 1. The van der Waals surface area contributed by atoms with E-state index in [0.29, 0.717) is 17.4 Å². The molecule has 0 spiro atoms. The highest BCUT2D eigenvalue weighted by Gasteiger charge is 2.27. The molecular weight excluding hydrogens is 695 g/mol. The van der Waals surface area contributed by atoms with E-state index >= 15 is 0 Å². The third-order valence-corrected chi connectivity index (χ3v) is 11.2.